The summed E-state index contributed by atoms with van der Waals surface area (Å²) in [6, 6.07) is 8.95. The molecule has 2 amide bonds. The van der Waals surface area contributed by atoms with Gasteiger partial charge in [-0.05, 0) is 50.8 Å². The van der Waals surface area contributed by atoms with Crippen molar-refractivity contribution in [3.8, 4) is 0 Å². The molecule has 1 aromatic heterocycles. The average Bonchev–Trinajstić information content (AvgIpc) is 2.96. The molecule has 0 saturated carbocycles. The van der Waals surface area contributed by atoms with E-state index in [0.29, 0.717) is 5.69 Å². The number of pyridine rings is 1. The largest absolute Gasteiger partial charge is 0.377 e. The van der Waals surface area contributed by atoms with Crippen molar-refractivity contribution in [3.63, 3.8) is 0 Å². The van der Waals surface area contributed by atoms with Gasteiger partial charge in [0.25, 0.3) is 10.0 Å². The average molecular weight is 388 g/mol. The second-order valence-corrected chi connectivity index (χ2v) is 9.27. The van der Waals surface area contributed by atoms with Crippen LogP contribution in [0, 0.1) is 0 Å². The number of carbonyl (C=O) groups excluding carboxylic acids is 1. The molecule has 0 bridgehead atoms. The zero-order valence-electron chi connectivity index (χ0n) is 15.6. The number of sulfonamides is 1. The third kappa shape index (κ3) is 4.57. The number of hydrogen-bond acceptors (Lipinski definition) is 5. The van der Waals surface area contributed by atoms with Gasteiger partial charge in [-0.1, -0.05) is 24.3 Å². The van der Waals surface area contributed by atoms with Gasteiger partial charge in [-0.3, -0.25) is 4.98 Å². The Morgan fingerprint density at radius 1 is 1.19 bits per heavy atom. The number of carbonyl (C=O) groups is 1. The van der Waals surface area contributed by atoms with Gasteiger partial charge in [-0.2, -0.15) is 0 Å². The van der Waals surface area contributed by atoms with E-state index in [1.807, 2.05) is 18.2 Å². The summed E-state index contributed by atoms with van der Waals surface area (Å²) < 4.78 is 27.5. The summed E-state index contributed by atoms with van der Waals surface area (Å²) in [5, 5.41) is 5.88. The first kappa shape index (κ1) is 19.2. The van der Waals surface area contributed by atoms with Crippen LogP contribution in [0.4, 0.5) is 10.5 Å². The van der Waals surface area contributed by atoms with Crippen LogP contribution in [0.15, 0.2) is 47.6 Å². The van der Waals surface area contributed by atoms with Crippen LogP contribution in [0.2, 0.25) is 0 Å². The number of rotatable bonds is 4. The highest BCUT2D eigenvalue weighted by Gasteiger charge is 2.27. The fourth-order valence-electron chi connectivity index (χ4n) is 3.15. The van der Waals surface area contributed by atoms with Gasteiger partial charge in [-0.25, -0.2) is 17.9 Å². The van der Waals surface area contributed by atoms with E-state index in [2.05, 4.69) is 26.4 Å². The third-order valence-electron chi connectivity index (χ3n) is 4.25. The van der Waals surface area contributed by atoms with E-state index in [0.717, 1.165) is 18.4 Å². The Kier molecular flexibility index (Phi) is 5.10. The molecular weight excluding hydrogens is 364 g/mol. The Bertz CT molecular complexity index is 951. The van der Waals surface area contributed by atoms with Crippen LogP contribution in [0.25, 0.3) is 0 Å². The van der Waals surface area contributed by atoms with E-state index in [1.165, 1.54) is 18.0 Å². The SMILES string of the molecule is CC(C)(C)NC(=O)NS(=O)(=O)c1cnccc1NC1CCc2ccccc21. The first-order valence-electron chi connectivity index (χ1n) is 8.79. The zero-order chi connectivity index (χ0) is 19.7. The number of anilines is 1. The van der Waals surface area contributed by atoms with Crippen LogP contribution in [-0.2, 0) is 16.4 Å². The van der Waals surface area contributed by atoms with Crippen molar-refractivity contribution in [2.24, 2.45) is 0 Å². The normalized spacial score (nSPS) is 16.5. The lowest BCUT2D eigenvalue weighted by atomic mass is 10.1. The van der Waals surface area contributed by atoms with Gasteiger partial charge in [0, 0.05) is 17.9 Å². The van der Waals surface area contributed by atoms with Crippen molar-refractivity contribution in [1.82, 2.24) is 15.0 Å². The van der Waals surface area contributed by atoms with Crippen LogP contribution in [0.1, 0.15) is 44.4 Å². The van der Waals surface area contributed by atoms with Gasteiger partial charge < -0.3 is 10.6 Å². The van der Waals surface area contributed by atoms with Crippen molar-refractivity contribution >= 4 is 21.7 Å². The number of urea groups is 1. The molecule has 144 valence electrons. The maximum absolute atomic E-state index is 12.7. The summed E-state index contributed by atoms with van der Waals surface area (Å²) in [5.41, 5.74) is 2.29. The Morgan fingerprint density at radius 3 is 2.67 bits per heavy atom. The van der Waals surface area contributed by atoms with Crippen molar-refractivity contribution in [1.29, 1.82) is 0 Å². The lowest BCUT2D eigenvalue weighted by Gasteiger charge is -2.21. The summed E-state index contributed by atoms with van der Waals surface area (Å²) in [7, 11) is -4.07. The highest BCUT2D eigenvalue weighted by atomic mass is 32.2. The predicted molar refractivity (Wildman–Crippen MR) is 104 cm³/mol. The van der Waals surface area contributed by atoms with E-state index >= 15 is 0 Å². The second-order valence-electron chi connectivity index (χ2n) is 7.62. The lowest BCUT2D eigenvalue weighted by molar-refractivity contribution is 0.237. The topological polar surface area (TPSA) is 100 Å². The highest BCUT2D eigenvalue weighted by molar-refractivity contribution is 7.90. The van der Waals surface area contributed by atoms with Crippen LogP contribution < -0.4 is 15.4 Å². The van der Waals surface area contributed by atoms with Crippen molar-refractivity contribution in [2.75, 3.05) is 5.32 Å². The minimum absolute atomic E-state index is 0.0148. The molecule has 0 radical (unpaired) electrons. The van der Waals surface area contributed by atoms with Gasteiger partial charge in [0.05, 0.1) is 11.7 Å². The maximum atomic E-state index is 12.7. The standard InChI is InChI=1S/C19H24N4O3S/c1-19(2,3)22-18(24)23-27(25,26)17-12-20-11-10-16(17)21-15-9-8-13-6-4-5-7-14(13)15/h4-7,10-12,15H,8-9H2,1-3H3,(H,20,21)(H2,22,23,24). The quantitative estimate of drug-likeness (QED) is 0.748. The van der Waals surface area contributed by atoms with Gasteiger partial charge in [-0.15, -0.1) is 0 Å². The molecule has 0 fully saturated rings. The molecule has 1 heterocycles. The smallest absolute Gasteiger partial charge is 0.329 e. The van der Waals surface area contributed by atoms with Gasteiger partial charge >= 0.3 is 6.03 Å². The fraction of sp³-hybridized carbons (Fsp3) is 0.368. The van der Waals surface area contributed by atoms with E-state index in [1.54, 1.807) is 26.8 Å². The molecule has 1 aliphatic carbocycles. The number of benzene rings is 1. The predicted octanol–water partition coefficient (Wildman–Crippen LogP) is 2.97. The van der Waals surface area contributed by atoms with E-state index in [-0.39, 0.29) is 10.9 Å². The number of nitrogens with zero attached hydrogens (tertiary/aromatic N) is 1. The number of aryl methyl sites for hydroxylation is 1. The van der Waals surface area contributed by atoms with Crippen LogP contribution in [-0.4, -0.2) is 25.0 Å². The number of amides is 2. The molecule has 1 aromatic carbocycles. The molecule has 1 unspecified atom stereocenters. The van der Waals surface area contributed by atoms with Crippen LogP contribution >= 0.6 is 0 Å². The fourth-order valence-corrected chi connectivity index (χ4v) is 4.17. The molecule has 1 aliphatic rings. The molecule has 0 spiro atoms. The number of aromatic nitrogens is 1. The Balaban J connectivity index is 1.83. The molecule has 3 rings (SSSR count). The van der Waals surface area contributed by atoms with Gasteiger partial charge in [0.15, 0.2) is 0 Å². The van der Waals surface area contributed by atoms with Gasteiger partial charge in [0.2, 0.25) is 0 Å². The summed E-state index contributed by atoms with van der Waals surface area (Å²) in [4.78, 5) is 15.9. The second kappa shape index (κ2) is 7.19. The zero-order valence-corrected chi connectivity index (χ0v) is 16.4. The highest BCUT2D eigenvalue weighted by Crippen LogP contribution is 2.35. The first-order valence-corrected chi connectivity index (χ1v) is 10.3. The minimum Gasteiger partial charge on any atom is -0.377 e. The van der Waals surface area contributed by atoms with E-state index in [4.69, 9.17) is 0 Å². The van der Waals surface area contributed by atoms with Crippen LogP contribution in [0.5, 0.6) is 0 Å². The molecule has 1 atom stereocenters. The molecule has 3 N–H and O–H groups in total. The maximum Gasteiger partial charge on any atom is 0.329 e. The van der Waals surface area contributed by atoms with Crippen molar-refractivity contribution in [2.45, 2.75) is 50.1 Å². The first-order chi connectivity index (χ1) is 12.7. The summed E-state index contributed by atoms with van der Waals surface area (Å²) >= 11 is 0. The van der Waals surface area contributed by atoms with E-state index < -0.39 is 21.6 Å². The van der Waals surface area contributed by atoms with Crippen molar-refractivity contribution in [3.05, 3.63) is 53.9 Å². The minimum atomic E-state index is -4.07. The molecule has 27 heavy (non-hydrogen) atoms. The number of nitrogens with one attached hydrogen (secondary N) is 3. The molecule has 0 saturated heterocycles. The lowest BCUT2D eigenvalue weighted by Crippen LogP contribution is -2.48. The Hall–Kier alpha value is -2.61. The summed E-state index contributed by atoms with van der Waals surface area (Å²) in [6.45, 7) is 5.31. The van der Waals surface area contributed by atoms with Crippen LogP contribution in [0.3, 0.4) is 0 Å². The summed E-state index contributed by atoms with van der Waals surface area (Å²) in [6.07, 6.45) is 4.58. The molecular formula is C19H24N4O3S. The van der Waals surface area contributed by atoms with Gasteiger partial charge in [0.1, 0.15) is 4.90 Å². The molecule has 7 nitrogen and oxygen atoms in total. The third-order valence-corrected chi connectivity index (χ3v) is 5.61. The van der Waals surface area contributed by atoms with Crippen molar-refractivity contribution < 1.29 is 13.2 Å². The Labute approximate surface area is 159 Å². The number of hydrogen-bond donors (Lipinski definition) is 3. The number of fused-ring (bicyclic) bond motifs is 1. The molecule has 8 heteroatoms. The molecule has 0 aliphatic heterocycles. The monoisotopic (exact) mass is 388 g/mol. The molecule has 2 aromatic rings. The summed E-state index contributed by atoms with van der Waals surface area (Å²) in [5.74, 6) is 0. The van der Waals surface area contributed by atoms with E-state index in [9.17, 15) is 13.2 Å². The Morgan fingerprint density at radius 2 is 1.93 bits per heavy atom.